The van der Waals surface area contributed by atoms with E-state index in [9.17, 15) is 4.79 Å². The van der Waals surface area contributed by atoms with Crippen molar-refractivity contribution in [3.63, 3.8) is 0 Å². The minimum Gasteiger partial charge on any atom is -0.346 e. The van der Waals surface area contributed by atoms with Gasteiger partial charge in [-0.05, 0) is 11.5 Å². The number of carbonyl (C=O) groups excluding carboxylic acids is 1. The third-order valence-electron chi connectivity index (χ3n) is 3.77. The first-order valence-corrected chi connectivity index (χ1v) is 7.43. The minimum atomic E-state index is -0.150. The number of carbonyl (C=O) groups is 1. The van der Waals surface area contributed by atoms with Crippen LogP contribution in [0.1, 0.15) is 31.3 Å². The van der Waals surface area contributed by atoms with Crippen molar-refractivity contribution in [2.24, 2.45) is 18.2 Å². The lowest BCUT2D eigenvalue weighted by Crippen LogP contribution is -2.48. The van der Waals surface area contributed by atoms with Gasteiger partial charge in [0.15, 0.2) is 0 Å². The fraction of sp³-hybridized carbons (Fsp3) is 0.412. The van der Waals surface area contributed by atoms with Crippen molar-refractivity contribution in [1.82, 2.24) is 15.1 Å². The van der Waals surface area contributed by atoms with Crippen molar-refractivity contribution in [3.05, 3.63) is 42.1 Å². The second kappa shape index (κ2) is 7.62. The standard InChI is InChI=1S/C17H24N4O.ClH/c1-17(2,3)15(11-18)19-16(22)14-10-13(20-21(14)4)12-8-6-5-7-9-12;/h5-10,15H,11,18H2,1-4H3,(H,19,22);1H/t15-;/m0./s1. The Kier molecular flexibility index (Phi) is 6.36. The van der Waals surface area contributed by atoms with E-state index in [0.29, 0.717) is 12.2 Å². The number of nitrogens with zero attached hydrogens (tertiary/aromatic N) is 2. The van der Waals surface area contributed by atoms with Crippen LogP contribution in [0.25, 0.3) is 11.3 Å². The van der Waals surface area contributed by atoms with Gasteiger partial charge in [0.1, 0.15) is 5.69 Å². The monoisotopic (exact) mass is 336 g/mol. The molecule has 3 N–H and O–H groups in total. The molecular weight excluding hydrogens is 312 g/mol. The summed E-state index contributed by atoms with van der Waals surface area (Å²) < 4.78 is 1.61. The van der Waals surface area contributed by atoms with Gasteiger partial charge < -0.3 is 11.1 Å². The molecule has 1 atom stereocenters. The molecule has 2 aromatic rings. The maximum absolute atomic E-state index is 12.5. The van der Waals surface area contributed by atoms with E-state index in [-0.39, 0.29) is 29.8 Å². The number of hydrogen-bond acceptors (Lipinski definition) is 3. The first-order chi connectivity index (χ1) is 10.3. The molecule has 5 nitrogen and oxygen atoms in total. The maximum atomic E-state index is 12.5. The van der Waals surface area contributed by atoms with Gasteiger partial charge in [0.05, 0.1) is 5.69 Å². The molecule has 0 saturated heterocycles. The van der Waals surface area contributed by atoms with E-state index in [0.717, 1.165) is 11.3 Å². The predicted octanol–water partition coefficient (Wildman–Crippen LogP) is 2.61. The molecule has 1 aromatic heterocycles. The summed E-state index contributed by atoms with van der Waals surface area (Å²) in [5, 5.41) is 7.43. The average Bonchev–Trinajstić information content (AvgIpc) is 2.86. The van der Waals surface area contributed by atoms with Crippen molar-refractivity contribution in [2.75, 3.05) is 6.54 Å². The zero-order valence-corrected chi connectivity index (χ0v) is 14.9. The Morgan fingerprint density at radius 3 is 2.43 bits per heavy atom. The maximum Gasteiger partial charge on any atom is 0.269 e. The number of halogens is 1. The summed E-state index contributed by atoms with van der Waals surface area (Å²) in [6.45, 7) is 6.58. The number of aromatic nitrogens is 2. The average molecular weight is 337 g/mol. The van der Waals surface area contributed by atoms with Crippen molar-refractivity contribution in [2.45, 2.75) is 26.8 Å². The quantitative estimate of drug-likeness (QED) is 0.901. The third kappa shape index (κ3) is 4.56. The van der Waals surface area contributed by atoms with Crippen LogP contribution in [0.5, 0.6) is 0 Å². The molecule has 126 valence electrons. The van der Waals surface area contributed by atoms with E-state index >= 15 is 0 Å². The van der Waals surface area contributed by atoms with Gasteiger partial charge in [-0.25, -0.2) is 0 Å². The summed E-state index contributed by atoms with van der Waals surface area (Å²) in [6.07, 6.45) is 0. The summed E-state index contributed by atoms with van der Waals surface area (Å²) in [7, 11) is 1.77. The van der Waals surface area contributed by atoms with Gasteiger partial charge in [-0.3, -0.25) is 9.48 Å². The molecule has 23 heavy (non-hydrogen) atoms. The molecule has 0 radical (unpaired) electrons. The zero-order valence-electron chi connectivity index (χ0n) is 14.0. The fourth-order valence-electron chi connectivity index (χ4n) is 2.29. The van der Waals surface area contributed by atoms with Crippen LogP contribution < -0.4 is 11.1 Å². The van der Waals surface area contributed by atoms with E-state index in [1.54, 1.807) is 17.8 Å². The summed E-state index contributed by atoms with van der Waals surface area (Å²) in [6, 6.07) is 11.5. The Morgan fingerprint density at radius 1 is 1.30 bits per heavy atom. The van der Waals surface area contributed by atoms with Crippen LogP contribution in [-0.2, 0) is 7.05 Å². The van der Waals surface area contributed by atoms with Gasteiger partial charge in [-0.2, -0.15) is 5.10 Å². The highest BCUT2D eigenvalue weighted by Crippen LogP contribution is 2.21. The van der Waals surface area contributed by atoms with Gasteiger partial charge >= 0.3 is 0 Å². The minimum absolute atomic E-state index is 0. The van der Waals surface area contributed by atoms with Gasteiger partial charge in [-0.1, -0.05) is 51.1 Å². The Labute approximate surface area is 143 Å². The predicted molar refractivity (Wildman–Crippen MR) is 95.7 cm³/mol. The first-order valence-electron chi connectivity index (χ1n) is 7.43. The lowest BCUT2D eigenvalue weighted by molar-refractivity contribution is 0.0896. The third-order valence-corrected chi connectivity index (χ3v) is 3.77. The molecule has 1 amide bonds. The number of benzene rings is 1. The van der Waals surface area contributed by atoms with Crippen molar-refractivity contribution in [3.8, 4) is 11.3 Å². The van der Waals surface area contributed by atoms with Crippen LogP contribution in [0.2, 0.25) is 0 Å². The van der Waals surface area contributed by atoms with Crippen LogP contribution in [0.15, 0.2) is 36.4 Å². The van der Waals surface area contributed by atoms with Gasteiger partial charge in [-0.15, -0.1) is 12.4 Å². The molecular formula is C17H25ClN4O. The van der Waals surface area contributed by atoms with E-state index in [2.05, 4.69) is 31.2 Å². The highest BCUT2D eigenvalue weighted by atomic mass is 35.5. The summed E-state index contributed by atoms with van der Waals surface area (Å²) >= 11 is 0. The van der Waals surface area contributed by atoms with Crippen molar-refractivity contribution in [1.29, 1.82) is 0 Å². The van der Waals surface area contributed by atoms with Crippen molar-refractivity contribution < 1.29 is 4.79 Å². The number of nitrogens with one attached hydrogen (secondary N) is 1. The highest BCUT2D eigenvalue weighted by molar-refractivity contribution is 5.94. The Morgan fingerprint density at radius 2 is 1.91 bits per heavy atom. The van der Waals surface area contributed by atoms with Gasteiger partial charge in [0, 0.05) is 25.2 Å². The fourth-order valence-corrected chi connectivity index (χ4v) is 2.29. The molecule has 0 bridgehead atoms. The highest BCUT2D eigenvalue weighted by Gasteiger charge is 2.26. The number of rotatable bonds is 4. The topological polar surface area (TPSA) is 72.9 Å². The van der Waals surface area contributed by atoms with Gasteiger partial charge in [0.25, 0.3) is 5.91 Å². The summed E-state index contributed by atoms with van der Waals surface area (Å²) in [5.41, 5.74) is 7.99. The molecule has 0 saturated carbocycles. The molecule has 0 unspecified atom stereocenters. The Bertz CT molecular complexity index is 646. The molecule has 6 heteroatoms. The molecule has 0 fully saturated rings. The Balaban J connectivity index is 0.00000264. The van der Waals surface area contributed by atoms with Gasteiger partial charge in [0.2, 0.25) is 0 Å². The number of hydrogen-bond donors (Lipinski definition) is 2. The molecule has 0 aliphatic rings. The number of nitrogens with two attached hydrogens (primary N) is 1. The largest absolute Gasteiger partial charge is 0.346 e. The first kappa shape index (κ1) is 19.2. The summed E-state index contributed by atoms with van der Waals surface area (Å²) in [5.74, 6) is -0.150. The lowest BCUT2D eigenvalue weighted by Gasteiger charge is -2.30. The molecule has 0 aliphatic carbocycles. The van der Waals surface area contributed by atoms with Crippen LogP contribution in [0.3, 0.4) is 0 Å². The van der Waals surface area contributed by atoms with E-state index in [1.165, 1.54) is 0 Å². The lowest BCUT2D eigenvalue weighted by atomic mass is 9.86. The van der Waals surface area contributed by atoms with Crippen LogP contribution in [-0.4, -0.2) is 28.3 Å². The molecule has 1 aromatic carbocycles. The number of aryl methyl sites for hydroxylation is 1. The molecule has 0 spiro atoms. The van der Waals surface area contributed by atoms with E-state index in [1.807, 2.05) is 30.3 Å². The smallest absolute Gasteiger partial charge is 0.269 e. The molecule has 0 aliphatic heterocycles. The molecule has 2 rings (SSSR count). The Hall–Kier alpha value is -1.85. The van der Waals surface area contributed by atoms with Crippen LogP contribution >= 0.6 is 12.4 Å². The SMILES string of the molecule is Cl.Cn1nc(-c2ccccc2)cc1C(=O)N[C@@H](CN)C(C)(C)C. The van der Waals surface area contributed by atoms with Crippen LogP contribution in [0, 0.1) is 5.41 Å². The summed E-state index contributed by atoms with van der Waals surface area (Å²) in [4.78, 5) is 12.5. The second-order valence-corrected chi connectivity index (χ2v) is 6.53. The van der Waals surface area contributed by atoms with Crippen molar-refractivity contribution >= 4 is 18.3 Å². The molecule has 1 heterocycles. The number of amides is 1. The van der Waals surface area contributed by atoms with E-state index < -0.39 is 0 Å². The normalized spacial score (nSPS) is 12.4. The zero-order chi connectivity index (χ0) is 16.3. The van der Waals surface area contributed by atoms with E-state index in [4.69, 9.17) is 5.73 Å². The van der Waals surface area contributed by atoms with Crippen LogP contribution in [0.4, 0.5) is 0 Å². The second-order valence-electron chi connectivity index (χ2n) is 6.53.